The van der Waals surface area contributed by atoms with Gasteiger partial charge in [-0.2, -0.15) is 0 Å². The molecule has 2 aromatic carbocycles. The molecule has 0 unspecified atom stereocenters. The highest BCUT2D eigenvalue weighted by Crippen LogP contribution is 2.47. The normalized spacial score (nSPS) is 22.3. The van der Waals surface area contributed by atoms with Crippen LogP contribution in [-0.4, -0.2) is 37.5 Å². The standard InChI is InChI=1S/C27H31N2O3S/c1-5-19-16-24-27-22(14-15-28(24)17-20(19)6-2)26-23(8-7-9-25(26)32-4)29(27)33(30,31)21-12-10-18(3)11-13-21/h5,7-13,20,24H,2,6,14-17H2,1,3-4H3/q+1/b19-5+/t20-,24-/m0/s1. The zero-order valence-corrected chi connectivity index (χ0v) is 20.4. The molecule has 0 bridgehead atoms. The van der Waals surface area contributed by atoms with Crippen molar-refractivity contribution in [2.24, 2.45) is 5.92 Å². The Bertz CT molecular complexity index is 1340. The van der Waals surface area contributed by atoms with Crippen LogP contribution >= 0.6 is 0 Å². The van der Waals surface area contributed by atoms with Gasteiger partial charge in [-0.3, -0.25) is 4.90 Å². The zero-order chi connectivity index (χ0) is 23.3. The van der Waals surface area contributed by atoms with E-state index in [0.29, 0.717) is 16.3 Å². The maximum Gasteiger partial charge on any atom is 0.268 e. The predicted octanol–water partition coefficient (Wildman–Crippen LogP) is 5.28. The molecular weight excluding hydrogens is 432 g/mol. The molecule has 0 aliphatic carbocycles. The zero-order valence-electron chi connectivity index (χ0n) is 19.5. The number of methoxy groups -OCH3 is 1. The van der Waals surface area contributed by atoms with E-state index in [0.717, 1.165) is 60.3 Å². The smallest absolute Gasteiger partial charge is 0.268 e. The second kappa shape index (κ2) is 8.26. The molecule has 6 heteroatoms. The van der Waals surface area contributed by atoms with Crippen LogP contribution in [0.3, 0.4) is 0 Å². The third kappa shape index (κ3) is 3.39. The second-order valence-electron chi connectivity index (χ2n) is 9.11. The molecule has 2 atom stereocenters. The fraction of sp³-hybridized carbons (Fsp3) is 0.370. The quantitative estimate of drug-likeness (QED) is 0.390. The van der Waals surface area contributed by atoms with Crippen molar-refractivity contribution in [1.29, 1.82) is 0 Å². The fourth-order valence-electron chi connectivity index (χ4n) is 5.66. The number of piperidine rings is 1. The van der Waals surface area contributed by atoms with Gasteiger partial charge in [-0.1, -0.05) is 35.4 Å². The molecule has 5 nitrogen and oxygen atoms in total. The Kier molecular flexibility index (Phi) is 5.53. The monoisotopic (exact) mass is 463 g/mol. The molecule has 0 N–H and O–H groups in total. The molecule has 2 aliphatic heterocycles. The summed E-state index contributed by atoms with van der Waals surface area (Å²) in [5.74, 6) is 1.15. The van der Waals surface area contributed by atoms with E-state index < -0.39 is 10.0 Å². The number of aryl methyl sites for hydroxylation is 1. The number of aromatic nitrogens is 1. The molecule has 1 aromatic heterocycles. The Labute approximate surface area is 196 Å². The number of allylic oxidation sites excluding steroid dienone is 1. The van der Waals surface area contributed by atoms with Crippen molar-refractivity contribution >= 4 is 20.9 Å². The van der Waals surface area contributed by atoms with Crippen LogP contribution in [0.2, 0.25) is 0 Å². The van der Waals surface area contributed by atoms with E-state index >= 15 is 0 Å². The molecule has 5 rings (SSSR count). The topological polar surface area (TPSA) is 51.5 Å². The molecule has 1 saturated heterocycles. The summed E-state index contributed by atoms with van der Waals surface area (Å²) in [4.78, 5) is 2.77. The van der Waals surface area contributed by atoms with Gasteiger partial charge in [-0.25, -0.2) is 12.4 Å². The van der Waals surface area contributed by atoms with Crippen molar-refractivity contribution in [1.82, 2.24) is 8.87 Å². The van der Waals surface area contributed by atoms with E-state index in [-0.39, 0.29) is 6.04 Å². The Morgan fingerprint density at radius 3 is 2.61 bits per heavy atom. The van der Waals surface area contributed by atoms with E-state index in [2.05, 4.69) is 24.8 Å². The van der Waals surface area contributed by atoms with Crippen LogP contribution in [0.1, 0.15) is 42.6 Å². The molecule has 33 heavy (non-hydrogen) atoms. The summed E-state index contributed by atoms with van der Waals surface area (Å²) in [7, 11) is -2.14. The molecule has 2 aliphatic rings. The highest BCUT2D eigenvalue weighted by Gasteiger charge is 2.41. The van der Waals surface area contributed by atoms with Crippen molar-refractivity contribution in [2.45, 2.75) is 44.0 Å². The summed E-state index contributed by atoms with van der Waals surface area (Å²) >= 11 is 0. The van der Waals surface area contributed by atoms with Crippen LogP contribution in [0.15, 0.2) is 59.0 Å². The third-order valence-electron chi connectivity index (χ3n) is 7.36. The Morgan fingerprint density at radius 1 is 1.18 bits per heavy atom. The first-order valence-electron chi connectivity index (χ1n) is 11.6. The van der Waals surface area contributed by atoms with Crippen LogP contribution in [-0.2, 0) is 16.4 Å². The molecule has 0 spiro atoms. The average molecular weight is 464 g/mol. The van der Waals surface area contributed by atoms with Crippen molar-refractivity contribution in [3.63, 3.8) is 0 Å². The van der Waals surface area contributed by atoms with Gasteiger partial charge in [0.05, 0.1) is 42.6 Å². The minimum Gasteiger partial charge on any atom is -0.496 e. The van der Waals surface area contributed by atoms with E-state index in [1.165, 1.54) is 5.57 Å². The van der Waals surface area contributed by atoms with E-state index in [1.807, 2.05) is 37.3 Å². The van der Waals surface area contributed by atoms with E-state index in [1.54, 1.807) is 23.2 Å². The van der Waals surface area contributed by atoms with Crippen molar-refractivity contribution < 1.29 is 13.2 Å². The highest BCUT2D eigenvalue weighted by molar-refractivity contribution is 7.90. The summed E-state index contributed by atoms with van der Waals surface area (Å²) in [5, 5.41) is 0.923. The predicted molar refractivity (Wildman–Crippen MR) is 132 cm³/mol. The van der Waals surface area contributed by atoms with Crippen LogP contribution in [0.5, 0.6) is 5.75 Å². The number of nitrogens with zero attached hydrogens (tertiary/aromatic N) is 2. The van der Waals surface area contributed by atoms with Crippen molar-refractivity contribution in [3.05, 3.63) is 77.9 Å². The third-order valence-corrected chi connectivity index (χ3v) is 9.11. The molecule has 0 saturated carbocycles. The number of rotatable bonds is 4. The van der Waals surface area contributed by atoms with Gasteiger partial charge < -0.3 is 4.74 Å². The lowest BCUT2D eigenvalue weighted by molar-refractivity contribution is 0.129. The molecule has 0 radical (unpaired) electrons. The van der Waals surface area contributed by atoms with Gasteiger partial charge in [-0.15, -0.1) is 0 Å². The SMILES string of the molecule is [CH2+]C[C@H]1CN2CCc3c(n(S(=O)(=O)c4ccc(C)cc4)c4cccc(OC)c34)[C@@H]2C/C1=C\C. The second-order valence-corrected chi connectivity index (χ2v) is 10.9. The summed E-state index contributed by atoms with van der Waals surface area (Å²) in [6, 6.07) is 12.9. The molecule has 172 valence electrons. The van der Waals surface area contributed by atoms with Gasteiger partial charge in [0.15, 0.2) is 0 Å². The number of hydrogen-bond acceptors (Lipinski definition) is 4. The van der Waals surface area contributed by atoms with E-state index in [4.69, 9.17) is 4.74 Å². The fourth-order valence-corrected chi connectivity index (χ4v) is 7.25. The summed E-state index contributed by atoms with van der Waals surface area (Å²) in [5.41, 5.74) is 5.09. The largest absolute Gasteiger partial charge is 0.496 e. The minimum absolute atomic E-state index is 0.0140. The molecule has 3 aromatic rings. The lowest BCUT2D eigenvalue weighted by atomic mass is 9.81. The van der Waals surface area contributed by atoms with Crippen molar-refractivity contribution in [2.75, 3.05) is 20.2 Å². The summed E-state index contributed by atoms with van der Waals surface area (Å²) in [6.07, 6.45) is 4.68. The molecular formula is C27H31N2O3S+. The van der Waals surface area contributed by atoms with Gasteiger partial charge in [0.1, 0.15) is 5.75 Å². The van der Waals surface area contributed by atoms with Crippen LogP contribution in [0.4, 0.5) is 0 Å². The number of hydrogen-bond donors (Lipinski definition) is 0. The lowest BCUT2D eigenvalue weighted by Crippen LogP contribution is -2.44. The van der Waals surface area contributed by atoms with Gasteiger partial charge >= 0.3 is 0 Å². The highest BCUT2D eigenvalue weighted by atomic mass is 32.2. The first kappa shape index (κ1) is 22.1. The number of fused-ring (bicyclic) bond motifs is 5. The molecule has 0 amide bonds. The number of benzene rings is 2. The number of ether oxygens (including phenoxy) is 1. The first-order valence-corrected chi connectivity index (χ1v) is 13.1. The first-order chi connectivity index (χ1) is 15.9. The van der Waals surface area contributed by atoms with Crippen LogP contribution in [0, 0.1) is 19.8 Å². The minimum atomic E-state index is -3.80. The molecule has 1 fully saturated rings. The van der Waals surface area contributed by atoms with Crippen molar-refractivity contribution in [3.8, 4) is 5.75 Å². The average Bonchev–Trinajstić information content (AvgIpc) is 3.19. The van der Waals surface area contributed by atoms with E-state index in [9.17, 15) is 8.42 Å². The summed E-state index contributed by atoms with van der Waals surface area (Å²) in [6.45, 7) is 10.0. The maximum atomic E-state index is 14.1. The van der Waals surface area contributed by atoms with Gasteiger partial charge in [0.2, 0.25) is 0 Å². The lowest BCUT2D eigenvalue weighted by Gasteiger charge is -2.43. The maximum absolute atomic E-state index is 14.1. The van der Waals surface area contributed by atoms with Crippen LogP contribution in [0.25, 0.3) is 10.9 Å². The van der Waals surface area contributed by atoms with Gasteiger partial charge in [0.25, 0.3) is 10.0 Å². The Hall–Kier alpha value is -2.70. The van der Waals surface area contributed by atoms with Crippen LogP contribution < -0.4 is 4.74 Å². The summed E-state index contributed by atoms with van der Waals surface area (Å²) < 4.78 is 35.6. The molecule has 3 heterocycles. The van der Waals surface area contributed by atoms with Gasteiger partial charge in [0, 0.05) is 24.4 Å². The Balaban J connectivity index is 1.80. The van der Waals surface area contributed by atoms with Gasteiger partial charge in [-0.05, 0) is 56.5 Å². The Morgan fingerprint density at radius 2 is 1.94 bits per heavy atom.